The highest BCUT2D eigenvalue weighted by atomic mass is 16.5. The van der Waals surface area contributed by atoms with E-state index in [0.29, 0.717) is 5.56 Å². The monoisotopic (exact) mass is 379 g/mol. The number of hydrogen-bond donors (Lipinski definition) is 1. The summed E-state index contributed by atoms with van der Waals surface area (Å²) in [5, 5.41) is 2.86. The SMILES string of the molecule is O=C(COC(=O)CCC(=O)c1ccc(-c2ccccc2)cc1)NC1CCCC1. The second-order valence-corrected chi connectivity index (χ2v) is 7.08. The first kappa shape index (κ1) is 19.8. The largest absolute Gasteiger partial charge is 0.456 e. The first-order chi connectivity index (χ1) is 13.6. The molecule has 0 spiro atoms. The molecule has 146 valence electrons. The summed E-state index contributed by atoms with van der Waals surface area (Å²) in [5.41, 5.74) is 2.68. The van der Waals surface area contributed by atoms with Crippen LogP contribution < -0.4 is 5.32 Å². The lowest BCUT2D eigenvalue weighted by atomic mass is 10.0. The van der Waals surface area contributed by atoms with Crippen LogP contribution in [0.1, 0.15) is 48.9 Å². The molecule has 0 heterocycles. The molecule has 5 heteroatoms. The van der Waals surface area contributed by atoms with Crippen molar-refractivity contribution in [2.24, 2.45) is 0 Å². The molecule has 0 radical (unpaired) electrons. The van der Waals surface area contributed by atoms with Crippen LogP contribution in [0.4, 0.5) is 0 Å². The third-order valence-electron chi connectivity index (χ3n) is 4.95. The van der Waals surface area contributed by atoms with E-state index in [1.807, 2.05) is 42.5 Å². The maximum absolute atomic E-state index is 12.3. The lowest BCUT2D eigenvalue weighted by Crippen LogP contribution is -2.35. The van der Waals surface area contributed by atoms with Crippen LogP contribution in [0.2, 0.25) is 0 Å². The minimum atomic E-state index is -0.532. The summed E-state index contributed by atoms with van der Waals surface area (Å²) in [7, 11) is 0. The average Bonchev–Trinajstić information content (AvgIpc) is 3.24. The molecule has 3 rings (SSSR count). The number of nitrogens with one attached hydrogen (secondary N) is 1. The van der Waals surface area contributed by atoms with Crippen LogP contribution in [0.25, 0.3) is 11.1 Å². The third kappa shape index (κ3) is 5.78. The summed E-state index contributed by atoms with van der Waals surface area (Å²) in [6.45, 7) is -0.282. The summed E-state index contributed by atoms with van der Waals surface area (Å²) < 4.78 is 4.97. The second-order valence-electron chi connectivity index (χ2n) is 7.08. The van der Waals surface area contributed by atoms with Gasteiger partial charge in [-0.3, -0.25) is 14.4 Å². The van der Waals surface area contributed by atoms with E-state index < -0.39 is 5.97 Å². The van der Waals surface area contributed by atoms with Crippen molar-refractivity contribution >= 4 is 17.7 Å². The van der Waals surface area contributed by atoms with Gasteiger partial charge in [0.25, 0.3) is 5.91 Å². The van der Waals surface area contributed by atoms with E-state index in [9.17, 15) is 14.4 Å². The Morgan fingerprint density at radius 1 is 0.857 bits per heavy atom. The highest BCUT2D eigenvalue weighted by molar-refractivity contribution is 5.98. The molecule has 28 heavy (non-hydrogen) atoms. The standard InChI is InChI=1S/C23H25NO4/c25-21(19-12-10-18(11-13-19)17-6-2-1-3-7-17)14-15-23(27)28-16-22(26)24-20-8-4-5-9-20/h1-3,6-7,10-13,20H,4-5,8-9,14-16H2,(H,24,26). The van der Waals surface area contributed by atoms with Crippen molar-refractivity contribution in [1.82, 2.24) is 5.32 Å². The van der Waals surface area contributed by atoms with E-state index in [1.165, 1.54) is 0 Å². The van der Waals surface area contributed by atoms with Crippen molar-refractivity contribution < 1.29 is 19.1 Å². The van der Waals surface area contributed by atoms with Crippen LogP contribution >= 0.6 is 0 Å². The fourth-order valence-electron chi connectivity index (χ4n) is 3.40. The molecule has 1 N–H and O–H groups in total. The highest BCUT2D eigenvalue weighted by Gasteiger charge is 2.18. The Labute approximate surface area is 165 Å². The van der Waals surface area contributed by atoms with E-state index in [0.717, 1.165) is 36.8 Å². The first-order valence-corrected chi connectivity index (χ1v) is 9.75. The zero-order chi connectivity index (χ0) is 19.8. The normalized spacial score (nSPS) is 13.9. The molecular formula is C23H25NO4. The molecule has 5 nitrogen and oxygen atoms in total. The second kappa shape index (κ2) is 9.83. The van der Waals surface area contributed by atoms with Gasteiger partial charge in [-0.25, -0.2) is 0 Å². The van der Waals surface area contributed by atoms with E-state index >= 15 is 0 Å². The summed E-state index contributed by atoms with van der Waals surface area (Å²) in [5.74, 6) is -0.925. The zero-order valence-electron chi connectivity index (χ0n) is 15.9. The molecule has 0 bridgehead atoms. The van der Waals surface area contributed by atoms with Gasteiger partial charge in [-0.05, 0) is 24.0 Å². The Hall–Kier alpha value is -2.95. The van der Waals surface area contributed by atoms with Gasteiger partial charge in [-0.2, -0.15) is 0 Å². The molecule has 1 saturated carbocycles. The predicted molar refractivity (Wildman–Crippen MR) is 107 cm³/mol. The fourth-order valence-corrected chi connectivity index (χ4v) is 3.40. The van der Waals surface area contributed by atoms with Crippen LogP contribution in [-0.2, 0) is 14.3 Å². The molecule has 2 aromatic carbocycles. The number of carbonyl (C=O) groups is 3. The van der Waals surface area contributed by atoms with Gasteiger partial charge in [-0.15, -0.1) is 0 Å². The van der Waals surface area contributed by atoms with Crippen molar-refractivity contribution in [3.63, 3.8) is 0 Å². The van der Waals surface area contributed by atoms with Crippen LogP contribution in [0.5, 0.6) is 0 Å². The average molecular weight is 379 g/mol. The van der Waals surface area contributed by atoms with Crippen molar-refractivity contribution in [2.45, 2.75) is 44.6 Å². The van der Waals surface area contributed by atoms with E-state index in [-0.39, 0.29) is 37.2 Å². The molecule has 0 saturated heterocycles. The lowest BCUT2D eigenvalue weighted by Gasteiger charge is -2.11. The topological polar surface area (TPSA) is 72.5 Å². The Kier molecular flexibility index (Phi) is 6.95. The van der Waals surface area contributed by atoms with E-state index in [1.54, 1.807) is 12.1 Å². The van der Waals surface area contributed by atoms with Gasteiger partial charge in [0.15, 0.2) is 12.4 Å². The van der Waals surface area contributed by atoms with Crippen molar-refractivity contribution in [2.75, 3.05) is 6.61 Å². The number of Topliss-reactive ketones (excluding diaryl/α,β-unsaturated/α-hetero) is 1. The molecule has 2 aromatic rings. The van der Waals surface area contributed by atoms with Crippen LogP contribution in [0.3, 0.4) is 0 Å². The molecule has 1 aliphatic carbocycles. The van der Waals surface area contributed by atoms with Crippen molar-refractivity contribution in [1.29, 1.82) is 0 Å². The molecule has 1 amide bonds. The Morgan fingerprint density at radius 2 is 1.50 bits per heavy atom. The fraction of sp³-hybridized carbons (Fsp3) is 0.348. The van der Waals surface area contributed by atoms with Gasteiger partial charge in [0.1, 0.15) is 0 Å². The minimum Gasteiger partial charge on any atom is -0.456 e. The molecule has 0 aromatic heterocycles. The minimum absolute atomic E-state index is 0.0318. The molecule has 1 fully saturated rings. The van der Waals surface area contributed by atoms with E-state index in [2.05, 4.69) is 5.32 Å². The summed E-state index contributed by atoms with van der Waals surface area (Å²) >= 11 is 0. The summed E-state index contributed by atoms with van der Waals surface area (Å²) in [4.78, 5) is 35.8. The number of benzene rings is 2. The Morgan fingerprint density at radius 3 is 2.18 bits per heavy atom. The summed E-state index contributed by atoms with van der Waals surface area (Å²) in [6, 6.07) is 17.4. The van der Waals surface area contributed by atoms with Gasteiger partial charge in [0, 0.05) is 18.0 Å². The highest BCUT2D eigenvalue weighted by Crippen LogP contribution is 2.20. The van der Waals surface area contributed by atoms with Gasteiger partial charge in [0.2, 0.25) is 0 Å². The van der Waals surface area contributed by atoms with Crippen LogP contribution in [0, 0.1) is 0 Å². The number of ketones is 1. The molecule has 1 aliphatic rings. The number of carbonyl (C=O) groups excluding carboxylic acids is 3. The van der Waals surface area contributed by atoms with Crippen LogP contribution in [-0.4, -0.2) is 30.3 Å². The Bertz CT molecular complexity index is 808. The van der Waals surface area contributed by atoms with Gasteiger partial charge in [0.05, 0.1) is 6.42 Å². The Balaban J connectivity index is 1.40. The lowest BCUT2D eigenvalue weighted by molar-refractivity contribution is -0.148. The number of amides is 1. The number of esters is 1. The number of ether oxygens (including phenoxy) is 1. The molecule has 0 atom stereocenters. The third-order valence-corrected chi connectivity index (χ3v) is 4.95. The van der Waals surface area contributed by atoms with Gasteiger partial charge in [-0.1, -0.05) is 67.4 Å². The molecule has 0 aliphatic heterocycles. The first-order valence-electron chi connectivity index (χ1n) is 9.75. The number of hydrogen-bond acceptors (Lipinski definition) is 4. The van der Waals surface area contributed by atoms with E-state index in [4.69, 9.17) is 4.74 Å². The van der Waals surface area contributed by atoms with Crippen molar-refractivity contribution in [3.8, 4) is 11.1 Å². The quantitative estimate of drug-likeness (QED) is 0.557. The molecular weight excluding hydrogens is 354 g/mol. The zero-order valence-corrected chi connectivity index (χ0v) is 15.9. The molecule has 0 unspecified atom stereocenters. The maximum Gasteiger partial charge on any atom is 0.306 e. The smallest absolute Gasteiger partial charge is 0.306 e. The number of rotatable bonds is 8. The predicted octanol–water partition coefficient (Wildman–Crippen LogP) is 3.92. The van der Waals surface area contributed by atoms with Crippen LogP contribution in [0.15, 0.2) is 54.6 Å². The summed E-state index contributed by atoms with van der Waals surface area (Å²) in [6.07, 6.45) is 4.25. The van der Waals surface area contributed by atoms with Gasteiger partial charge >= 0.3 is 5.97 Å². The maximum atomic E-state index is 12.3. The van der Waals surface area contributed by atoms with Gasteiger partial charge < -0.3 is 10.1 Å². The van der Waals surface area contributed by atoms with Crippen molar-refractivity contribution in [3.05, 3.63) is 60.2 Å².